The molecule has 1 heterocycles. The Kier molecular flexibility index (Phi) is 5.42. The maximum absolute atomic E-state index is 12.8. The summed E-state index contributed by atoms with van der Waals surface area (Å²) in [6.45, 7) is 5.01. The van der Waals surface area contributed by atoms with Gasteiger partial charge in [-0.15, -0.1) is 0 Å². The molecule has 8 nitrogen and oxygen atoms in total. The van der Waals surface area contributed by atoms with Gasteiger partial charge in [0.15, 0.2) is 5.54 Å². The first-order chi connectivity index (χ1) is 15.1. The van der Waals surface area contributed by atoms with Gasteiger partial charge in [-0.3, -0.25) is 10.1 Å². The third-order valence-electron chi connectivity index (χ3n) is 5.76. The predicted octanol–water partition coefficient (Wildman–Crippen LogP) is 2.66. The van der Waals surface area contributed by atoms with Crippen molar-refractivity contribution in [1.29, 1.82) is 0 Å². The molecule has 1 amide bonds. The van der Waals surface area contributed by atoms with Gasteiger partial charge in [-0.25, -0.2) is 9.59 Å². The minimum atomic E-state index is -1.73. The van der Waals surface area contributed by atoms with E-state index in [0.717, 1.165) is 22.3 Å². The lowest BCUT2D eigenvalue weighted by Gasteiger charge is -2.46. The number of carbonyl (C=O) groups is 3. The molecule has 0 spiro atoms. The normalized spacial score (nSPS) is 21.7. The van der Waals surface area contributed by atoms with Crippen LogP contribution in [0.1, 0.15) is 37.8 Å². The molecule has 1 aliphatic heterocycles. The van der Waals surface area contributed by atoms with E-state index in [-0.39, 0.29) is 19.1 Å². The highest BCUT2D eigenvalue weighted by atomic mass is 16.6. The van der Waals surface area contributed by atoms with Crippen LogP contribution in [-0.2, 0) is 19.1 Å². The zero-order chi connectivity index (χ0) is 23.1. The van der Waals surface area contributed by atoms with Crippen molar-refractivity contribution in [1.82, 2.24) is 10.6 Å². The van der Waals surface area contributed by atoms with Gasteiger partial charge >= 0.3 is 18.0 Å². The van der Waals surface area contributed by atoms with Crippen LogP contribution >= 0.6 is 0 Å². The molecule has 1 saturated heterocycles. The van der Waals surface area contributed by atoms with Crippen molar-refractivity contribution in [2.24, 2.45) is 0 Å². The second-order valence-electron chi connectivity index (χ2n) is 9.08. The number of ether oxygens (including phenoxy) is 2. The van der Waals surface area contributed by atoms with E-state index in [9.17, 15) is 19.5 Å². The molecular formula is C24H26N2O6. The van der Waals surface area contributed by atoms with Crippen molar-refractivity contribution in [2.75, 3.05) is 13.2 Å². The first-order valence-electron chi connectivity index (χ1n) is 10.5. The number of hydrogen-bond donors (Lipinski definition) is 3. The summed E-state index contributed by atoms with van der Waals surface area (Å²) in [5.41, 5.74) is 1.72. The SMILES string of the molecule is CC(C)(C)OC(=O)C1(NC(=O)OCC2c3ccccc3-c3ccccc32)CNC1C(=O)O. The lowest BCUT2D eigenvalue weighted by molar-refractivity contribution is -0.173. The van der Waals surface area contributed by atoms with Gasteiger partial charge in [0.2, 0.25) is 0 Å². The molecule has 32 heavy (non-hydrogen) atoms. The number of carboxylic acid groups (broad SMARTS) is 1. The van der Waals surface area contributed by atoms with Crippen molar-refractivity contribution in [3.8, 4) is 11.1 Å². The predicted molar refractivity (Wildman–Crippen MR) is 116 cm³/mol. The van der Waals surface area contributed by atoms with Crippen LogP contribution in [0.5, 0.6) is 0 Å². The molecule has 2 atom stereocenters. The maximum atomic E-state index is 12.8. The first kappa shape index (κ1) is 21.8. The summed E-state index contributed by atoms with van der Waals surface area (Å²) in [7, 11) is 0. The molecule has 2 aromatic carbocycles. The number of aliphatic carboxylic acids is 1. The summed E-state index contributed by atoms with van der Waals surface area (Å²) in [5, 5.41) is 14.6. The van der Waals surface area contributed by atoms with Gasteiger partial charge in [-0.1, -0.05) is 48.5 Å². The highest BCUT2D eigenvalue weighted by molar-refractivity contribution is 5.96. The standard InChI is InChI=1S/C24H26N2O6/c1-23(2,3)32-21(29)24(13-25-19(24)20(27)28)26-22(30)31-12-18-16-10-6-4-8-14(16)15-9-5-7-11-17(15)18/h4-11,18-19,25H,12-13H2,1-3H3,(H,26,30)(H,27,28). The Morgan fingerprint density at radius 2 is 1.62 bits per heavy atom. The van der Waals surface area contributed by atoms with Crippen molar-refractivity contribution >= 4 is 18.0 Å². The summed E-state index contributed by atoms with van der Waals surface area (Å²) in [4.78, 5) is 37.1. The zero-order valence-corrected chi connectivity index (χ0v) is 18.2. The number of fused-ring (bicyclic) bond motifs is 3. The fraction of sp³-hybridized carbons (Fsp3) is 0.375. The number of carboxylic acids is 1. The summed E-state index contributed by atoms with van der Waals surface area (Å²) in [6.07, 6.45) is -0.870. The number of alkyl carbamates (subject to hydrolysis) is 1. The fourth-order valence-electron chi connectivity index (χ4n) is 4.25. The molecule has 2 aliphatic rings. The molecule has 2 aromatic rings. The lowest BCUT2D eigenvalue weighted by Crippen LogP contribution is -2.81. The van der Waals surface area contributed by atoms with E-state index in [1.807, 2.05) is 48.5 Å². The molecule has 1 fully saturated rings. The van der Waals surface area contributed by atoms with E-state index in [4.69, 9.17) is 9.47 Å². The Bertz CT molecular complexity index is 1030. The fourth-order valence-corrected chi connectivity index (χ4v) is 4.25. The van der Waals surface area contributed by atoms with Crippen LogP contribution in [0.3, 0.4) is 0 Å². The molecule has 4 rings (SSSR count). The van der Waals surface area contributed by atoms with Crippen molar-refractivity contribution in [3.05, 3.63) is 59.7 Å². The van der Waals surface area contributed by atoms with Gasteiger partial charge < -0.3 is 19.9 Å². The average Bonchev–Trinajstić information content (AvgIpc) is 3.01. The molecule has 8 heteroatoms. The van der Waals surface area contributed by atoms with Crippen LogP contribution in [-0.4, -0.2) is 53.5 Å². The highest BCUT2D eigenvalue weighted by Crippen LogP contribution is 2.44. The Morgan fingerprint density at radius 1 is 1.06 bits per heavy atom. The van der Waals surface area contributed by atoms with Gasteiger partial charge in [0, 0.05) is 12.5 Å². The second kappa shape index (κ2) is 7.94. The van der Waals surface area contributed by atoms with E-state index in [1.54, 1.807) is 20.8 Å². The van der Waals surface area contributed by atoms with E-state index >= 15 is 0 Å². The van der Waals surface area contributed by atoms with E-state index in [0.29, 0.717) is 0 Å². The minimum Gasteiger partial charge on any atom is -0.480 e. The molecule has 2 unspecified atom stereocenters. The monoisotopic (exact) mass is 438 g/mol. The van der Waals surface area contributed by atoms with Crippen molar-refractivity contribution < 1.29 is 29.0 Å². The molecule has 1 aliphatic carbocycles. The van der Waals surface area contributed by atoms with E-state index < -0.39 is 35.2 Å². The zero-order valence-electron chi connectivity index (χ0n) is 18.2. The van der Waals surface area contributed by atoms with Gasteiger partial charge in [-0.05, 0) is 43.0 Å². The molecule has 0 radical (unpaired) electrons. The van der Waals surface area contributed by atoms with Gasteiger partial charge in [0.25, 0.3) is 0 Å². The molecular weight excluding hydrogens is 412 g/mol. The number of hydrogen-bond acceptors (Lipinski definition) is 6. The summed E-state index contributed by atoms with van der Waals surface area (Å²) < 4.78 is 10.9. The Labute approximate surface area is 185 Å². The van der Waals surface area contributed by atoms with Crippen LogP contribution in [0.25, 0.3) is 11.1 Å². The van der Waals surface area contributed by atoms with Crippen LogP contribution in [0.15, 0.2) is 48.5 Å². The Morgan fingerprint density at radius 3 is 2.09 bits per heavy atom. The smallest absolute Gasteiger partial charge is 0.408 e. The Balaban J connectivity index is 1.50. The number of amides is 1. The molecule has 0 bridgehead atoms. The molecule has 168 valence electrons. The minimum absolute atomic E-state index is 0.0510. The van der Waals surface area contributed by atoms with Crippen LogP contribution < -0.4 is 10.6 Å². The van der Waals surface area contributed by atoms with Crippen LogP contribution in [0.4, 0.5) is 4.79 Å². The summed E-state index contributed by atoms with van der Waals surface area (Å²) in [5.74, 6) is -2.23. The number of benzene rings is 2. The summed E-state index contributed by atoms with van der Waals surface area (Å²) in [6, 6.07) is 14.6. The molecule has 3 N–H and O–H groups in total. The van der Waals surface area contributed by atoms with Crippen LogP contribution in [0.2, 0.25) is 0 Å². The quantitative estimate of drug-likeness (QED) is 0.615. The van der Waals surface area contributed by atoms with Gasteiger partial charge in [-0.2, -0.15) is 0 Å². The van der Waals surface area contributed by atoms with Gasteiger partial charge in [0.05, 0.1) is 0 Å². The number of esters is 1. The average molecular weight is 438 g/mol. The Hall–Kier alpha value is -3.39. The number of carbonyl (C=O) groups excluding carboxylic acids is 2. The van der Waals surface area contributed by atoms with E-state index in [2.05, 4.69) is 10.6 Å². The maximum Gasteiger partial charge on any atom is 0.408 e. The molecule has 0 aromatic heterocycles. The molecule has 0 saturated carbocycles. The third kappa shape index (κ3) is 3.82. The number of nitrogens with one attached hydrogen (secondary N) is 2. The number of rotatable bonds is 5. The summed E-state index contributed by atoms with van der Waals surface area (Å²) >= 11 is 0. The largest absolute Gasteiger partial charge is 0.480 e. The van der Waals surface area contributed by atoms with Crippen molar-refractivity contribution in [2.45, 2.75) is 43.9 Å². The second-order valence-corrected chi connectivity index (χ2v) is 9.08. The van der Waals surface area contributed by atoms with E-state index in [1.165, 1.54) is 0 Å². The lowest BCUT2D eigenvalue weighted by atomic mass is 9.82. The van der Waals surface area contributed by atoms with Crippen molar-refractivity contribution in [3.63, 3.8) is 0 Å². The van der Waals surface area contributed by atoms with Gasteiger partial charge in [0.1, 0.15) is 18.2 Å². The first-order valence-corrected chi connectivity index (χ1v) is 10.5. The highest BCUT2D eigenvalue weighted by Gasteiger charge is 2.60. The third-order valence-corrected chi connectivity index (χ3v) is 5.76. The van der Waals surface area contributed by atoms with Crippen LogP contribution in [0, 0.1) is 0 Å². The topological polar surface area (TPSA) is 114 Å².